The Morgan fingerprint density at radius 1 is 1.10 bits per heavy atom. The summed E-state index contributed by atoms with van der Waals surface area (Å²) >= 11 is 0. The topological polar surface area (TPSA) is 191 Å². The van der Waals surface area contributed by atoms with E-state index in [4.69, 9.17) is 15.9 Å². The average Bonchev–Trinajstić information content (AvgIpc) is 3.26. The Morgan fingerprint density at radius 2 is 1.79 bits per heavy atom. The highest BCUT2D eigenvalue weighted by Gasteiger charge is 2.25. The first-order valence-electron chi connectivity index (χ1n) is 11.8. The van der Waals surface area contributed by atoms with Crippen LogP contribution in [0.5, 0.6) is 11.5 Å². The zero-order valence-electron chi connectivity index (χ0n) is 21.8. The third-order valence-corrected chi connectivity index (χ3v) is 7.54. The third-order valence-electron chi connectivity index (χ3n) is 5.79. The number of nitrogen functional groups attached to an aromatic ring is 1. The number of nitrogens with one attached hydrogen (secondary N) is 3. The molecular formula is C27H29N5O6S. The van der Waals surface area contributed by atoms with Crippen molar-refractivity contribution < 1.29 is 28.2 Å². The molecule has 0 atom stereocenters. The van der Waals surface area contributed by atoms with Gasteiger partial charge in [-0.2, -0.15) is 0 Å². The number of imidazole rings is 1. The molecule has 0 radical (unpaired) electrons. The van der Waals surface area contributed by atoms with E-state index in [2.05, 4.69) is 14.7 Å². The van der Waals surface area contributed by atoms with Crippen LogP contribution in [0.3, 0.4) is 0 Å². The number of hydrogen-bond donors (Lipinski definition) is 6. The van der Waals surface area contributed by atoms with Crippen molar-refractivity contribution in [2.45, 2.75) is 37.6 Å². The maximum atomic E-state index is 13.1. The number of nitrogens with zero attached hydrogens (tertiary/aromatic N) is 1. The highest BCUT2D eigenvalue weighted by atomic mass is 32.2. The summed E-state index contributed by atoms with van der Waals surface area (Å²) in [6.07, 6.45) is -0.360. The lowest BCUT2D eigenvalue weighted by molar-refractivity contribution is -0.136. The SMILES string of the molecule is COc1ccc(S(=O)(=O)NC(C)(C)C)cc1-c1cc(CC(=O)O)cc(-c2nc3cc(C(=N)N)ccc3[nH]2)c1O. The molecule has 4 aromatic rings. The van der Waals surface area contributed by atoms with E-state index >= 15 is 0 Å². The number of carbonyl (C=O) groups is 1. The second kappa shape index (κ2) is 10.0. The van der Waals surface area contributed by atoms with Crippen molar-refractivity contribution in [2.24, 2.45) is 5.73 Å². The van der Waals surface area contributed by atoms with Crippen LogP contribution in [0.2, 0.25) is 0 Å². The summed E-state index contributed by atoms with van der Waals surface area (Å²) in [5.41, 5.74) is 7.38. The van der Waals surface area contributed by atoms with E-state index in [1.54, 1.807) is 39.0 Å². The molecule has 0 amide bonds. The molecule has 12 heteroatoms. The highest BCUT2D eigenvalue weighted by molar-refractivity contribution is 7.89. The summed E-state index contributed by atoms with van der Waals surface area (Å²) in [5.74, 6) is -0.960. The van der Waals surface area contributed by atoms with Crippen molar-refractivity contribution in [3.63, 3.8) is 0 Å². The average molecular weight is 552 g/mol. The van der Waals surface area contributed by atoms with Crippen LogP contribution in [0.15, 0.2) is 53.4 Å². The predicted octanol–water partition coefficient (Wildman–Crippen LogP) is 3.60. The minimum Gasteiger partial charge on any atom is -0.507 e. The normalized spacial score (nSPS) is 12.0. The minimum atomic E-state index is -3.93. The van der Waals surface area contributed by atoms with Crippen LogP contribution in [0, 0.1) is 5.41 Å². The van der Waals surface area contributed by atoms with Gasteiger partial charge in [-0.15, -0.1) is 0 Å². The first-order chi connectivity index (χ1) is 18.2. The monoisotopic (exact) mass is 551 g/mol. The number of carboxylic acids is 1. The Hall–Kier alpha value is -4.42. The quantitative estimate of drug-likeness (QED) is 0.141. The fourth-order valence-electron chi connectivity index (χ4n) is 4.18. The number of methoxy groups -OCH3 is 1. The lowest BCUT2D eigenvalue weighted by Crippen LogP contribution is -2.40. The van der Waals surface area contributed by atoms with Gasteiger partial charge in [0.15, 0.2) is 0 Å². The number of fused-ring (bicyclic) bond motifs is 1. The van der Waals surface area contributed by atoms with Crippen LogP contribution in [0.1, 0.15) is 31.9 Å². The van der Waals surface area contributed by atoms with Crippen LogP contribution in [0.4, 0.5) is 0 Å². The third kappa shape index (κ3) is 5.86. The Bertz CT molecular complexity index is 1720. The fraction of sp³-hybridized carbons (Fsp3) is 0.222. The number of amidine groups is 1. The van der Waals surface area contributed by atoms with Crippen molar-refractivity contribution in [1.82, 2.24) is 14.7 Å². The molecule has 1 heterocycles. The van der Waals surface area contributed by atoms with Crippen molar-refractivity contribution >= 4 is 32.9 Å². The van der Waals surface area contributed by atoms with E-state index in [0.717, 1.165) is 0 Å². The predicted molar refractivity (Wildman–Crippen MR) is 148 cm³/mol. The smallest absolute Gasteiger partial charge is 0.307 e. The van der Waals surface area contributed by atoms with E-state index < -0.39 is 21.5 Å². The molecular weight excluding hydrogens is 522 g/mol. The Morgan fingerprint density at radius 3 is 2.41 bits per heavy atom. The minimum absolute atomic E-state index is 0.0571. The second-order valence-corrected chi connectivity index (χ2v) is 11.7. The van der Waals surface area contributed by atoms with Crippen LogP contribution in [-0.2, 0) is 21.2 Å². The van der Waals surface area contributed by atoms with E-state index in [1.807, 2.05) is 0 Å². The van der Waals surface area contributed by atoms with Gasteiger partial charge in [0.2, 0.25) is 10.0 Å². The molecule has 11 nitrogen and oxygen atoms in total. The number of ether oxygens (including phenoxy) is 1. The molecule has 1 aromatic heterocycles. The maximum Gasteiger partial charge on any atom is 0.307 e. The lowest BCUT2D eigenvalue weighted by atomic mass is 9.96. The number of carboxylic acid groups (broad SMARTS) is 1. The molecule has 3 aromatic carbocycles. The van der Waals surface area contributed by atoms with Gasteiger partial charge in [-0.25, -0.2) is 18.1 Å². The molecule has 0 aliphatic rings. The molecule has 0 aliphatic carbocycles. The number of benzene rings is 3. The van der Waals surface area contributed by atoms with Crippen LogP contribution < -0.4 is 15.2 Å². The van der Waals surface area contributed by atoms with Gasteiger partial charge >= 0.3 is 5.97 Å². The zero-order valence-corrected chi connectivity index (χ0v) is 22.6. The molecule has 0 fully saturated rings. The lowest BCUT2D eigenvalue weighted by Gasteiger charge is -2.21. The van der Waals surface area contributed by atoms with Gasteiger partial charge in [0.25, 0.3) is 0 Å². The number of phenolic OH excluding ortho intramolecular Hbond substituents is 1. The second-order valence-electron chi connectivity index (χ2n) is 10.1. The summed E-state index contributed by atoms with van der Waals surface area (Å²) in [6.45, 7) is 5.15. The summed E-state index contributed by atoms with van der Waals surface area (Å²) in [7, 11) is -2.53. The fourth-order valence-corrected chi connectivity index (χ4v) is 5.63. The van der Waals surface area contributed by atoms with E-state index in [-0.39, 0.29) is 51.2 Å². The maximum absolute atomic E-state index is 13.1. The summed E-state index contributed by atoms with van der Waals surface area (Å²) in [6, 6.07) is 12.2. The number of sulfonamides is 1. The number of aromatic hydroxyl groups is 1. The first kappa shape index (κ1) is 27.6. The standard InChI is InChI=1S/C27H29N5O6S/c1-27(2,3)32-39(36,37)16-6-8-22(38-4)17(13-16)18-9-14(11-23(33)34)10-19(24(18)35)26-30-20-7-5-15(25(28)29)12-21(20)31-26/h5-10,12-13,32,35H,11H2,1-4H3,(H3,28,29)(H,30,31)(H,33,34). The molecule has 39 heavy (non-hydrogen) atoms. The molecule has 0 spiro atoms. The van der Waals surface area contributed by atoms with Gasteiger partial charge in [-0.3, -0.25) is 10.2 Å². The first-order valence-corrected chi connectivity index (χ1v) is 13.3. The van der Waals surface area contributed by atoms with E-state index in [9.17, 15) is 23.4 Å². The van der Waals surface area contributed by atoms with Gasteiger partial charge in [0, 0.05) is 22.2 Å². The van der Waals surface area contributed by atoms with Gasteiger partial charge in [0.1, 0.15) is 23.2 Å². The van der Waals surface area contributed by atoms with Gasteiger partial charge in [-0.05, 0) is 74.9 Å². The number of hydrogen-bond acceptors (Lipinski definition) is 7. The van der Waals surface area contributed by atoms with E-state index in [1.165, 1.54) is 37.4 Å². The summed E-state index contributed by atoms with van der Waals surface area (Å²) in [4.78, 5) is 19.2. The Labute approximate surface area is 225 Å². The summed E-state index contributed by atoms with van der Waals surface area (Å²) in [5, 5.41) is 28.6. The van der Waals surface area contributed by atoms with Crippen LogP contribution >= 0.6 is 0 Å². The number of nitrogens with two attached hydrogens (primary N) is 1. The number of rotatable bonds is 8. The molecule has 0 aliphatic heterocycles. The molecule has 204 valence electrons. The van der Waals surface area contributed by atoms with Crippen LogP contribution in [0.25, 0.3) is 33.5 Å². The highest BCUT2D eigenvalue weighted by Crippen LogP contribution is 2.43. The number of phenols is 1. The van der Waals surface area contributed by atoms with Gasteiger partial charge < -0.3 is 25.7 Å². The number of aromatic nitrogens is 2. The largest absolute Gasteiger partial charge is 0.507 e. The molecule has 0 saturated carbocycles. The molecule has 4 rings (SSSR count). The van der Waals surface area contributed by atoms with Gasteiger partial charge in [-0.1, -0.05) is 0 Å². The zero-order chi connectivity index (χ0) is 28.7. The van der Waals surface area contributed by atoms with Crippen molar-refractivity contribution in [3.05, 3.63) is 59.7 Å². The number of aliphatic carboxylic acids is 1. The molecule has 7 N–H and O–H groups in total. The van der Waals surface area contributed by atoms with Crippen LogP contribution in [-0.4, -0.2) is 53.1 Å². The Kier molecular flexibility index (Phi) is 7.11. The van der Waals surface area contributed by atoms with Crippen molar-refractivity contribution in [1.29, 1.82) is 5.41 Å². The molecule has 0 saturated heterocycles. The van der Waals surface area contributed by atoms with Crippen molar-refractivity contribution in [3.8, 4) is 34.0 Å². The molecule has 0 bridgehead atoms. The van der Waals surface area contributed by atoms with Gasteiger partial charge in [0.05, 0.1) is 35.0 Å². The summed E-state index contributed by atoms with van der Waals surface area (Å²) < 4.78 is 34.2. The number of aromatic amines is 1. The van der Waals surface area contributed by atoms with E-state index in [0.29, 0.717) is 22.2 Å². The Balaban J connectivity index is 1.95. The number of H-pyrrole nitrogens is 1. The van der Waals surface area contributed by atoms with Crippen molar-refractivity contribution in [2.75, 3.05) is 7.11 Å². The molecule has 0 unspecified atom stereocenters.